The van der Waals surface area contributed by atoms with Gasteiger partial charge in [0.2, 0.25) is 10.0 Å². The Morgan fingerprint density at radius 2 is 1.62 bits per heavy atom. The Morgan fingerprint density at radius 3 is 2.26 bits per heavy atom. The summed E-state index contributed by atoms with van der Waals surface area (Å²) in [6, 6.07) is 12.4. The van der Waals surface area contributed by atoms with Crippen LogP contribution in [0, 0.1) is 0 Å². The van der Waals surface area contributed by atoms with Crippen LogP contribution in [0.4, 0.5) is 9.93 Å². The number of rotatable bonds is 6. The quantitative estimate of drug-likeness (QED) is 0.403. The number of sulfonamides is 1. The van der Waals surface area contributed by atoms with Crippen molar-refractivity contribution < 1.29 is 22.7 Å². The number of benzene rings is 2. The van der Waals surface area contributed by atoms with Gasteiger partial charge in [-0.1, -0.05) is 11.3 Å². The fourth-order valence-corrected chi connectivity index (χ4v) is 7.68. The summed E-state index contributed by atoms with van der Waals surface area (Å²) in [5.74, 6) is -0.115. The number of thiazole rings is 1. The van der Waals surface area contributed by atoms with Gasteiger partial charge in [-0.05, 0) is 55.6 Å². The van der Waals surface area contributed by atoms with Gasteiger partial charge in [-0.25, -0.2) is 18.2 Å². The third-order valence-electron chi connectivity index (χ3n) is 6.93. The lowest BCUT2D eigenvalue weighted by Gasteiger charge is -2.34. The molecule has 0 saturated carbocycles. The number of anilines is 1. The lowest BCUT2D eigenvalue weighted by atomic mass is 10.2. The lowest BCUT2D eigenvalue weighted by molar-refractivity contribution is 0.0746. The summed E-state index contributed by atoms with van der Waals surface area (Å²) in [4.78, 5) is 36.7. The van der Waals surface area contributed by atoms with Crippen molar-refractivity contribution in [2.24, 2.45) is 0 Å². The molecule has 39 heavy (non-hydrogen) atoms. The van der Waals surface area contributed by atoms with E-state index in [-0.39, 0.29) is 43.6 Å². The largest absolute Gasteiger partial charge is 0.450 e. The zero-order chi connectivity index (χ0) is 27.6. The number of hydrogen-bond acceptors (Lipinski definition) is 9. The summed E-state index contributed by atoms with van der Waals surface area (Å²) >= 11 is 3.38. The lowest BCUT2D eigenvalue weighted by Crippen LogP contribution is -2.50. The zero-order valence-electron chi connectivity index (χ0n) is 21.9. The highest BCUT2D eigenvalue weighted by Crippen LogP contribution is 2.32. The van der Waals surface area contributed by atoms with Gasteiger partial charge < -0.3 is 19.4 Å². The van der Waals surface area contributed by atoms with Gasteiger partial charge in [0, 0.05) is 62.8 Å². The minimum absolute atomic E-state index is 0.115. The molecule has 0 bridgehead atoms. The van der Waals surface area contributed by atoms with E-state index < -0.39 is 16.1 Å². The van der Waals surface area contributed by atoms with E-state index in [0.717, 1.165) is 15.3 Å². The van der Waals surface area contributed by atoms with Gasteiger partial charge in [-0.15, -0.1) is 11.8 Å². The molecule has 2 fully saturated rings. The predicted octanol–water partition coefficient (Wildman–Crippen LogP) is 3.44. The molecule has 0 atom stereocenters. The number of fused-ring (bicyclic) bond motifs is 1. The second-order valence-corrected chi connectivity index (χ2v) is 13.1. The zero-order valence-corrected chi connectivity index (χ0v) is 24.4. The molecule has 2 aliphatic heterocycles. The maximum Gasteiger partial charge on any atom is 0.409 e. The van der Waals surface area contributed by atoms with Crippen molar-refractivity contribution in [1.82, 2.24) is 19.1 Å². The highest BCUT2D eigenvalue weighted by Gasteiger charge is 2.31. The predicted molar refractivity (Wildman–Crippen MR) is 153 cm³/mol. The molecule has 0 unspecified atom stereocenters. The Balaban J connectivity index is 1.18. The van der Waals surface area contributed by atoms with Gasteiger partial charge in [0.15, 0.2) is 5.13 Å². The van der Waals surface area contributed by atoms with Crippen molar-refractivity contribution in [3.8, 4) is 0 Å². The molecule has 0 spiro atoms. The van der Waals surface area contributed by atoms with Crippen molar-refractivity contribution in [2.75, 3.05) is 70.1 Å². The second kappa shape index (κ2) is 11.7. The number of thioether (sulfide) groups is 1. The Labute approximate surface area is 236 Å². The normalized spacial score (nSPS) is 17.0. The summed E-state index contributed by atoms with van der Waals surface area (Å²) in [5.41, 5.74) is 1.45. The SMILES string of the molecule is CCOC(=O)N1CCN(S(=O)(=O)c2ccc(C(=O)N3CCN(c4nc5ccc(SC)cc5s4)CC3)cc2)CC1. The van der Waals surface area contributed by atoms with Crippen LogP contribution >= 0.6 is 23.1 Å². The van der Waals surface area contributed by atoms with Crippen molar-refractivity contribution >= 4 is 60.5 Å². The average molecular weight is 590 g/mol. The van der Waals surface area contributed by atoms with E-state index in [1.807, 2.05) is 6.07 Å². The van der Waals surface area contributed by atoms with E-state index in [9.17, 15) is 18.0 Å². The number of piperazine rings is 2. The summed E-state index contributed by atoms with van der Waals surface area (Å²) in [6.45, 7) is 5.45. The highest BCUT2D eigenvalue weighted by molar-refractivity contribution is 7.98. The number of amides is 2. The Hall–Kier alpha value is -2.87. The Morgan fingerprint density at radius 1 is 0.949 bits per heavy atom. The van der Waals surface area contributed by atoms with Crippen molar-refractivity contribution in [2.45, 2.75) is 16.7 Å². The summed E-state index contributed by atoms with van der Waals surface area (Å²) < 4.78 is 33.8. The van der Waals surface area contributed by atoms with E-state index in [4.69, 9.17) is 9.72 Å². The van der Waals surface area contributed by atoms with Crippen LogP contribution in [0.2, 0.25) is 0 Å². The minimum Gasteiger partial charge on any atom is -0.450 e. The van der Waals surface area contributed by atoms with Gasteiger partial charge in [-0.3, -0.25) is 4.79 Å². The van der Waals surface area contributed by atoms with Gasteiger partial charge in [0.1, 0.15) is 0 Å². The van der Waals surface area contributed by atoms with Crippen LogP contribution in [0.5, 0.6) is 0 Å². The molecule has 3 aromatic rings. The minimum atomic E-state index is -3.73. The molecule has 1 aromatic heterocycles. The highest BCUT2D eigenvalue weighted by atomic mass is 32.2. The smallest absolute Gasteiger partial charge is 0.409 e. The van der Waals surface area contributed by atoms with E-state index in [0.29, 0.717) is 31.7 Å². The second-order valence-electron chi connectivity index (χ2n) is 9.22. The standard InChI is InChI=1S/C26H31N5O5S3/c1-3-36-26(33)30-14-16-31(17-15-30)39(34,35)21-7-4-19(5-8-21)24(32)28-10-12-29(13-11-28)25-27-22-9-6-20(37-2)18-23(22)38-25/h4-9,18H,3,10-17H2,1-2H3. The first-order chi connectivity index (χ1) is 18.8. The summed E-state index contributed by atoms with van der Waals surface area (Å²) in [5, 5.41) is 0.966. The van der Waals surface area contributed by atoms with E-state index in [1.165, 1.54) is 26.2 Å². The number of aromatic nitrogens is 1. The molecule has 2 aliphatic rings. The van der Waals surface area contributed by atoms with Crippen LogP contribution < -0.4 is 4.90 Å². The van der Waals surface area contributed by atoms with Crippen molar-refractivity contribution in [3.63, 3.8) is 0 Å². The molecule has 2 aromatic carbocycles. The maximum atomic E-state index is 13.2. The molecule has 0 N–H and O–H groups in total. The molecule has 0 radical (unpaired) electrons. The molecule has 2 saturated heterocycles. The average Bonchev–Trinajstić information content (AvgIpc) is 3.40. The number of ether oxygens (including phenoxy) is 1. The fourth-order valence-electron chi connectivity index (χ4n) is 4.68. The molecule has 0 aliphatic carbocycles. The molecular formula is C26H31N5O5S3. The van der Waals surface area contributed by atoms with Gasteiger partial charge >= 0.3 is 6.09 Å². The molecule has 10 nitrogen and oxygen atoms in total. The number of carbonyl (C=O) groups is 2. The number of nitrogens with zero attached hydrogens (tertiary/aromatic N) is 5. The van der Waals surface area contributed by atoms with E-state index in [1.54, 1.807) is 47.1 Å². The van der Waals surface area contributed by atoms with Gasteiger partial charge in [0.05, 0.1) is 21.7 Å². The van der Waals surface area contributed by atoms with Crippen molar-refractivity contribution in [1.29, 1.82) is 0 Å². The third kappa shape index (κ3) is 5.86. The van der Waals surface area contributed by atoms with E-state index in [2.05, 4.69) is 23.3 Å². The first kappa shape index (κ1) is 27.7. The van der Waals surface area contributed by atoms with Crippen molar-refractivity contribution in [3.05, 3.63) is 48.0 Å². The molecule has 13 heteroatoms. The Kier molecular flexibility index (Phi) is 8.31. The fraction of sp³-hybridized carbons (Fsp3) is 0.423. The van der Waals surface area contributed by atoms with Crippen LogP contribution in [-0.2, 0) is 14.8 Å². The monoisotopic (exact) mass is 589 g/mol. The van der Waals surface area contributed by atoms with Crippen LogP contribution in [0.15, 0.2) is 52.3 Å². The topological polar surface area (TPSA) is 103 Å². The summed E-state index contributed by atoms with van der Waals surface area (Å²) in [7, 11) is -3.73. The summed E-state index contributed by atoms with van der Waals surface area (Å²) in [6.07, 6.45) is 1.63. The van der Waals surface area contributed by atoms with Gasteiger partial charge in [-0.2, -0.15) is 4.31 Å². The molecule has 2 amide bonds. The molecule has 208 valence electrons. The first-order valence-corrected chi connectivity index (χ1v) is 16.3. The Bertz CT molecular complexity index is 1440. The van der Waals surface area contributed by atoms with Crippen LogP contribution in [0.25, 0.3) is 10.2 Å². The molecule has 5 rings (SSSR count). The molecular weight excluding hydrogens is 559 g/mol. The maximum absolute atomic E-state index is 13.2. The van der Waals surface area contributed by atoms with Gasteiger partial charge in [0.25, 0.3) is 5.91 Å². The van der Waals surface area contributed by atoms with Crippen LogP contribution in [0.1, 0.15) is 17.3 Å². The van der Waals surface area contributed by atoms with Crippen LogP contribution in [-0.4, -0.2) is 105 Å². The number of carbonyl (C=O) groups excluding carboxylic acids is 2. The first-order valence-electron chi connectivity index (χ1n) is 12.8. The van der Waals surface area contributed by atoms with E-state index >= 15 is 0 Å². The number of hydrogen-bond donors (Lipinski definition) is 0. The van der Waals surface area contributed by atoms with Crippen LogP contribution in [0.3, 0.4) is 0 Å². The third-order valence-corrected chi connectivity index (χ3v) is 10.6. The molecule has 3 heterocycles.